The number of para-hydroxylation sites is 1. The van der Waals surface area contributed by atoms with Gasteiger partial charge >= 0.3 is 5.97 Å². The SMILES string of the molecule is CCc1ccc(N2C(=O)/C(=C\c3ccccc3OCc3ccccc3)C(C(=O)OC)=C2C)cc1. The summed E-state index contributed by atoms with van der Waals surface area (Å²) >= 11 is 0. The number of rotatable bonds is 7. The molecule has 0 atom stereocenters. The molecular formula is C29H27NO4. The number of hydrogen-bond acceptors (Lipinski definition) is 4. The fourth-order valence-corrected chi connectivity index (χ4v) is 3.99. The summed E-state index contributed by atoms with van der Waals surface area (Å²) in [6.07, 6.45) is 2.61. The average molecular weight is 454 g/mol. The van der Waals surface area contributed by atoms with Crippen LogP contribution in [0.25, 0.3) is 6.08 Å². The molecule has 0 aromatic heterocycles. The zero-order valence-corrected chi connectivity index (χ0v) is 19.6. The maximum Gasteiger partial charge on any atom is 0.340 e. The van der Waals surface area contributed by atoms with Crippen molar-refractivity contribution in [2.24, 2.45) is 0 Å². The smallest absolute Gasteiger partial charge is 0.340 e. The molecule has 0 saturated heterocycles. The van der Waals surface area contributed by atoms with Gasteiger partial charge in [-0.25, -0.2) is 4.79 Å². The van der Waals surface area contributed by atoms with Crippen LogP contribution in [0.2, 0.25) is 0 Å². The Morgan fingerprint density at radius 2 is 1.59 bits per heavy atom. The predicted octanol–water partition coefficient (Wildman–Crippen LogP) is 5.71. The van der Waals surface area contributed by atoms with Crippen LogP contribution in [0.4, 0.5) is 5.69 Å². The first-order valence-corrected chi connectivity index (χ1v) is 11.2. The molecule has 0 saturated carbocycles. The molecule has 0 aliphatic carbocycles. The van der Waals surface area contributed by atoms with E-state index in [2.05, 4.69) is 6.92 Å². The van der Waals surface area contributed by atoms with Crippen molar-refractivity contribution in [1.82, 2.24) is 0 Å². The summed E-state index contributed by atoms with van der Waals surface area (Å²) in [6.45, 7) is 4.23. The molecule has 1 aliphatic heterocycles. The number of methoxy groups -OCH3 is 1. The predicted molar refractivity (Wildman–Crippen MR) is 133 cm³/mol. The number of ether oxygens (including phenoxy) is 2. The summed E-state index contributed by atoms with van der Waals surface area (Å²) in [5.74, 6) is -0.202. The van der Waals surface area contributed by atoms with Crippen molar-refractivity contribution in [2.45, 2.75) is 26.9 Å². The quantitative estimate of drug-likeness (QED) is 0.340. The summed E-state index contributed by atoms with van der Waals surface area (Å²) in [5.41, 5.74) is 4.69. The van der Waals surface area contributed by atoms with E-state index in [-0.39, 0.29) is 17.1 Å². The highest BCUT2D eigenvalue weighted by Gasteiger charge is 2.38. The lowest BCUT2D eigenvalue weighted by atomic mass is 10.0. The van der Waals surface area contributed by atoms with Crippen LogP contribution in [0.3, 0.4) is 0 Å². The van der Waals surface area contributed by atoms with Crippen molar-refractivity contribution in [2.75, 3.05) is 12.0 Å². The second kappa shape index (κ2) is 10.2. The van der Waals surface area contributed by atoms with Gasteiger partial charge in [-0.2, -0.15) is 0 Å². The third-order valence-corrected chi connectivity index (χ3v) is 5.85. The molecule has 0 bridgehead atoms. The third kappa shape index (κ3) is 4.64. The summed E-state index contributed by atoms with van der Waals surface area (Å²) < 4.78 is 11.1. The number of aryl methyl sites for hydroxylation is 1. The standard InChI is InChI=1S/C29H27NO4/c1-4-21-14-16-24(17-15-21)30-20(2)27(29(32)33-3)25(28(30)31)18-23-12-8-9-13-26(23)34-19-22-10-6-5-7-11-22/h5-18H,4,19H2,1-3H3/b25-18-. The number of anilines is 1. The third-order valence-electron chi connectivity index (χ3n) is 5.85. The molecule has 0 N–H and O–H groups in total. The van der Waals surface area contributed by atoms with Crippen LogP contribution in [0.15, 0.2) is 95.7 Å². The van der Waals surface area contributed by atoms with Gasteiger partial charge in [0.05, 0.1) is 18.3 Å². The van der Waals surface area contributed by atoms with E-state index in [1.807, 2.05) is 78.9 Å². The Morgan fingerprint density at radius 1 is 0.912 bits per heavy atom. The maximum absolute atomic E-state index is 13.6. The fourth-order valence-electron chi connectivity index (χ4n) is 3.99. The lowest BCUT2D eigenvalue weighted by Crippen LogP contribution is -2.24. The van der Waals surface area contributed by atoms with Gasteiger partial charge in [0, 0.05) is 16.9 Å². The van der Waals surface area contributed by atoms with Gasteiger partial charge in [-0.1, -0.05) is 67.6 Å². The molecule has 4 rings (SSSR count). The van der Waals surface area contributed by atoms with Gasteiger partial charge in [0.2, 0.25) is 0 Å². The minimum Gasteiger partial charge on any atom is -0.488 e. The van der Waals surface area contributed by atoms with E-state index in [0.29, 0.717) is 29.3 Å². The molecule has 3 aromatic carbocycles. The first-order valence-electron chi connectivity index (χ1n) is 11.2. The summed E-state index contributed by atoms with van der Waals surface area (Å²) in [6, 6.07) is 25.1. The monoisotopic (exact) mass is 453 g/mol. The van der Waals surface area contributed by atoms with Crippen molar-refractivity contribution in [1.29, 1.82) is 0 Å². The van der Waals surface area contributed by atoms with Crippen molar-refractivity contribution in [3.63, 3.8) is 0 Å². The Labute approximate surface area is 199 Å². The van der Waals surface area contributed by atoms with Crippen LogP contribution < -0.4 is 9.64 Å². The van der Waals surface area contributed by atoms with Crippen molar-refractivity contribution < 1.29 is 19.1 Å². The molecule has 1 heterocycles. The summed E-state index contributed by atoms with van der Waals surface area (Å²) in [4.78, 5) is 27.8. The Kier molecular flexibility index (Phi) is 6.93. The summed E-state index contributed by atoms with van der Waals surface area (Å²) in [5, 5.41) is 0. The van der Waals surface area contributed by atoms with Crippen LogP contribution in [0.5, 0.6) is 5.75 Å². The number of benzene rings is 3. The fraction of sp³-hybridized carbons (Fsp3) is 0.172. The molecular weight excluding hydrogens is 426 g/mol. The summed E-state index contributed by atoms with van der Waals surface area (Å²) in [7, 11) is 1.32. The van der Waals surface area contributed by atoms with Gasteiger partial charge in [-0.3, -0.25) is 9.69 Å². The molecule has 34 heavy (non-hydrogen) atoms. The van der Waals surface area contributed by atoms with Crippen LogP contribution in [0.1, 0.15) is 30.5 Å². The molecule has 0 unspecified atom stereocenters. The maximum atomic E-state index is 13.6. The molecule has 172 valence electrons. The number of carbonyl (C=O) groups excluding carboxylic acids is 2. The first kappa shape index (κ1) is 23.1. The number of amides is 1. The van der Waals surface area contributed by atoms with Gasteiger partial charge in [0.15, 0.2) is 0 Å². The number of allylic oxidation sites excluding steroid dienone is 1. The van der Waals surface area contributed by atoms with Gasteiger partial charge in [0.1, 0.15) is 12.4 Å². The Bertz CT molecular complexity index is 1260. The number of hydrogen-bond donors (Lipinski definition) is 0. The average Bonchev–Trinajstić information content (AvgIpc) is 3.12. The normalized spacial score (nSPS) is 14.6. The largest absolute Gasteiger partial charge is 0.488 e. The van der Waals surface area contributed by atoms with E-state index in [1.54, 1.807) is 17.9 Å². The van der Waals surface area contributed by atoms with Crippen molar-refractivity contribution in [3.05, 3.63) is 112 Å². The van der Waals surface area contributed by atoms with Crippen LogP contribution in [0, 0.1) is 0 Å². The highest BCUT2D eigenvalue weighted by atomic mass is 16.5. The van der Waals surface area contributed by atoms with Gasteiger partial charge in [0.25, 0.3) is 5.91 Å². The molecule has 0 fully saturated rings. The lowest BCUT2D eigenvalue weighted by molar-refractivity contribution is -0.136. The zero-order chi connectivity index (χ0) is 24.1. The number of nitrogens with zero attached hydrogens (tertiary/aromatic N) is 1. The van der Waals surface area contributed by atoms with Crippen LogP contribution >= 0.6 is 0 Å². The van der Waals surface area contributed by atoms with E-state index in [1.165, 1.54) is 12.7 Å². The molecule has 1 aliphatic rings. The topological polar surface area (TPSA) is 55.8 Å². The molecule has 5 heteroatoms. The van der Waals surface area contributed by atoms with Crippen molar-refractivity contribution in [3.8, 4) is 5.75 Å². The van der Waals surface area contributed by atoms with Crippen LogP contribution in [-0.4, -0.2) is 19.0 Å². The molecule has 3 aromatic rings. The highest BCUT2D eigenvalue weighted by Crippen LogP contribution is 2.36. The Hall–Kier alpha value is -4.12. The molecule has 1 amide bonds. The zero-order valence-electron chi connectivity index (χ0n) is 19.6. The van der Waals surface area contributed by atoms with E-state index in [9.17, 15) is 9.59 Å². The second-order valence-corrected chi connectivity index (χ2v) is 7.98. The number of esters is 1. The second-order valence-electron chi connectivity index (χ2n) is 7.98. The van der Waals surface area contributed by atoms with E-state index in [0.717, 1.165) is 12.0 Å². The lowest BCUT2D eigenvalue weighted by Gasteiger charge is -2.18. The van der Waals surface area contributed by atoms with Gasteiger partial charge in [-0.05, 0) is 48.7 Å². The Balaban J connectivity index is 1.72. The van der Waals surface area contributed by atoms with Gasteiger partial charge in [-0.15, -0.1) is 0 Å². The Morgan fingerprint density at radius 3 is 2.26 bits per heavy atom. The van der Waals surface area contributed by atoms with E-state index in [4.69, 9.17) is 9.47 Å². The van der Waals surface area contributed by atoms with Crippen molar-refractivity contribution >= 4 is 23.6 Å². The minimum atomic E-state index is -0.549. The molecule has 0 spiro atoms. The van der Waals surface area contributed by atoms with Crippen LogP contribution in [-0.2, 0) is 27.4 Å². The highest BCUT2D eigenvalue weighted by molar-refractivity contribution is 6.23. The number of carbonyl (C=O) groups is 2. The van der Waals surface area contributed by atoms with E-state index < -0.39 is 5.97 Å². The molecule has 0 radical (unpaired) electrons. The first-order chi connectivity index (χ1) is 16.5. The molecule has 5 nitrogen and oxygen atoms in total. The minimum absolute atomic E-state index is 0.255. The van der Waals surface area contributed by atoms with Gasteiger partial charge < -0.3 is 9.47 Å². The van der Waals surface area contributed by atoms with E-state index >= 15 is 0 Å².